The van der Waals surface area contributed by atoms with Gasteiger partial charge < -0.3 is 10.7 Å². The minimum absolute atomic E-state index is 0.173. The van der Waals surface area contributed by atoms with Gasteiger partial charge in [0.25, 0.3) is 0 Å². The van der Waals surface area contributed by atoms with E-state index in [1.54, 1.807) is 24.5 Å². The van der Waals surface area contributed by atoms with Crippen molar-refractivity contribution in [2.24, 2.45) is 17.6 Å². The summed E-state index contributed by atoms with van der Waals surface area (Å²) in [5.74, 6) is 1.51. The molecule has 0 saturated heterocycles. The van der Waals surface area contributed by atoms with E-state index in [9.17, 15) is 4.39 Å². The molecule has 4 rings (SSSR count). The second-order valence-electron chi connectivity index (χ2n) is 7.14. The summed E-state index contributed by atoms with van der Waals surface area (Å²) in [7, 11) is 0. The fraction of sp³-hybridized carbons (Fsp3) is 0.400. The van der Waals surface area contributed by atoms with Crippen LogP contribution in [0.3, 0.4) is 0 Å². The molecule has 2 aromatic heterocycles. The third kappa shape index (κ3) is 3.04. The smallest absolute Gasteiger partial charge is 0.158 e. The van der Waals surface area contributed by atoms with Crippen LogP contribution in [0.2, 0.25) is 0 Å². The van der Waals surface area contributed by atoms with Gasteiger partial charge in [-0.1, -0.05) is 19.8 Å². The third-order valence-corrected chi connectivity index (χ3v) is 5.39. The van der Waals surface area contributed by atoms with E-state index in [0.717, 1.165) is 18.8 Å². The zero-order chi connectivity index (χ0) is 17.4. The highest BCUT2D eigenvalue weighted by Crippen LogP contribution is 2.36. The van der Waals surface area contributed by atoms with Crippen LogP contribution in [0.15, 0.2) is 30.6 Å². The molecule has 3 aromatic rings. The molecule has 0 amide bonds. The highest BCUT2D eigenvalue weighted by atomic mass is 19.1. The molecule has 1 fully saturated rings. The number of hydrogen-bond acceptors (Lipinski definition) is 3. The van der Waals surface area contributed by atoms with E-state index >= 15 is 0 Å². The summed E-state index contributed by atoms with van der Waals surface area (Å²) >= 11 is 0. The number of imidazole rings is 1. The molecule has 129 valence electrons. The van der Waals surface area contributed by atoms with Crippen LogP contribution in [0.25, 0.3) is 22.2 Å². The number of fused-ring (bicyclic) bond motifs is 1. The SMILES string of the molecule is CC1CCC([C@H](N)c2nc3c(F)c(-c4[c]ccnc4)ccc3[nH]2)CC1. The Morgan fingerprint density at radius 2 is 2.08 bits per heavy atom. The van der Waals surface area contributed by atoms with Crippen LogP contribution in [0.4, 0.5) is 4.39 Å². The first-order valence-corrected chi connectivity index (χ1v) is 8.89. The number of pyridine rings is 1. The Morgan fingerprint density at radius 3 is 2.80 bits per heavy atom. The van der Waals surface area contributed by atoms with E-state index in [1.165, 1.54) is 12.8 Å². The van der Waals surface area contributed by atoms with Crippen molar-refractivity contribution in [3.63, 3.8) is 0 Å². The summed E-state index contributed by atoms with van der Waals surface area (Å²) in [6.07, 6.45) is 7.85. The molecule has 2 heterocycles. The van der Waals surface area contributed by atoms with Crippen molar-refractivity contribution >= 4 is 11.0 Å². The van der Waals surface area contributed by atoms with Gasteiger partial charge in [-0.05, 0) is 48.9 Å². The summed E-state index contributed by atoms with van der Waals surface area (Å²) in [6.45, 7) is 2.29. The number of H-pyrrole nitrogens is 1. The van der Waals surface area contributed by atoms with Gasteiger partial charge in [-0.25, -0.2) is 9.37 Å². The lowest BCUT2D eigenvalue weighted by molar-refractivity contribution is 0.252. The molecule has 5 heteroatoms. The third-order valence-electron chi connectivity index (χ3n) is 5.39. The molecular formula is C20H22FN4. The number of hydrogen-bond donors (Lipinski definition) is 2. The molecule has 0 spiro atoms. The average molecular weight is 337 g/mol. The quantitative estimate of drug-likeness (QED) is 0.745. The second kappa shape index (κ2) is 6.56. The molecule has 1 aromatic carbocycles. The molecule has 3 N–H and O–H groups in total. The van der Waals surface area contributed by atoms with Crippen molar-refractivity contribution < 1.29 is 4.39 Å². The minimum atomic E-state index is -0.353. The molecular weight excluding hydrogens is 315 g/mol. The predicted octanol–water partition coefficient (Wildman–Crippen LogP) is 4.39. The zero-order valence-corrected chi connectivity index (χ0v) is 14.3. The van der Waals surface area contributed by atoms with Crippen LogP contribution in [0, 0.1) is 23.7 Å². The average Bonchev–Trinajstić information content (AvgIpc) is 3.08. The van der Waals surface area contributed by atoms with Crippen LogP contribution in [0.5, 0.6) is 0 Å². The van der Waals surface area contributed by atoms with Gasteiger partial charge >= 0.3 is 0 Å². The van der Waals surface area contributed by atoms with Gasteiger partial charge in [-0.15, -0.1) is 0 Å². The second-order valence-corrected chi connectivity index (χ2v) is 7.14. The first-order valence-electron chi connectivity index (χ1n) is 8.89. The van der Waals surface area contributed by atoms with E-state index in [1.807, 2.05) is 6.07 Å². The lowest BCUT2D eigenvalue weighted by atomic mass is 9.79. The summed E-state index contributed by atoms with van der Waals surface area (Å²) in [5, 5.41) is 0. The van der Waals surface area contributed by atoms with E-state index < -0.39 is 0 Å². The van der Waals surface area contributed by atoms with Crippen molar-refractivity contribution in [1.29, 1.82) is 0 Å². The van der Waals surface area contributed by atoms with Gasteiger partial charge in [-0.2, -0.15) is 0 Å². The van der Waals surface area contributed by atoms with Crippen molar-refractivity contribution in [1.82, 2.24) is 15.0 Å². The molecule has 1 saturated carbocycles. The van der Waals surface area contributed by atoms with E-state index in [2.05, 4.69) is 27.9 Å². The molecule has 0 bridgehead atoms. The molecule has 1 aliphatic carbocycles. The fourth-order valence-electron chi connectivity index (χ4n) is 3.77. The normalized spacial score (nSPS) is 22.2. The number of nitrogens with one attached hydrogen (secondary N) is 1. The van der Waals surface area contributed by atoms with Crippen LogP contribution >= 0.6 is 0 Å². The van der Waals surface area contributed by atoms with Crippen molar-refractivity contribution in [2.75, 3.05) is 0 Å². The minimum Gasteiger partial charge on any atom is -0.341 e. The first-order chi connectivity index (χ1) is 12.1. The Balaban J connectivity index is 1.67. The maximum absolute atomic E-state index is 15.0. The monoisotopic (exact) mass is 337 g/mol. The molecule has 0 unspecified atom stereocenters. The summed E-state index contributed by atoms with van der Waals surface area (Å²) in [4.78, 5) is 11.8. The molecule has 25 heavy (non-hydrogen) atoms. The number of halogens is 1. The van der Waals surface area contributed by atoms with Gasteiger partial charge in [0.15, 0.2) is 5.82 Å². The highest BCUT2D eigenvalue weighted by Gasteiger charge is 2.27. The van der Waals surface area contributed by atoms with Crippen LogP contribution in [-0.2, 0) is 0 Å². The molecule has 4 nitrogen and oxygen atoms in total. The number of benzene rings is 1. The van der Waals surface area contributed by atoms with Crippen LogP contribution in [-0.4, -0.2) is 15.0 Å². The van der Waals surface area contributed by atoms with Crippen molar-refractivity contribution in [2.45, 2.75) is 38.6 Å². The number of aromatic amines is 1. The predicted molar refractivity (Wildman–Crippen MR) is 96.2 cm³/mol. The lowest BCUT2D eigenvalue weighted by Gasteiger charge is -2.29. The number of nitrogens with zero attached hydrogens (tertiary/aromatic N) is 2. The van der Waals surface area contributed by atoms with Gasteiger partial charge in [-0.3, -0.25) is 4.98 Å². The van der Waals surface area contributed by atoms with E-state index in [-0.39, 0.29) is 11.9 Å². The summed E-state index contributed by atoms with van der Waals surface area (Å²) in [6, 6.07) is 8.10. The van der Waals surface area contributed by atoms with Gasteiger partial charge in [0, 0.05) is 23.5 Å². The Hall–Kier alpha value is -2.27. The Bertz CT molecular complexity index is 866. The Morgan fingerprint density at radius 1 is 1.28 bits per heavy atom. The summed E-state index contributed by atoms with van der Waals surface area (Å²) in [5.41, 5.74) is 8.54. The fourth-order valence-corrected chi connectivity index (χ4v) is 3.77. The zero-order valence-electron chi connectivity index (χ0n) is 14.3. The standard InChI is InChI=1S/C20H22FN4/c1-12-4-6-13(7-5-12)18(22)20-24-16-9-8-15(17(21)19(16)25-20)14-3-2-10-23-11-14/h2,8-13,18H,4-7,22H2,1H3,(H,24,25)/t12?,13?,18-/m0/s1. The number of nitrogens with two attached hydrogens (primary N) is 1. The van der Waals surface area contributed by atoms with E-state index in [4.69, 9.17) is 5.73 Å². The topological polar surface area (TPSA) is 67.6 Å². The number of aromatic nitrogens is 3. The summed E-state index contributed by atoms with van der Waals surface area (Å²) < 4.78 is 15.0. The maximum Gasteiger partial charge on any atom is 0.158 e. The van der Waals surface area contributed by atoms with Crippen molar-refractivity contribution in [3.05, 3.63) is 48.3 Å². The maximum atomic E-state index is 15.0. The Labute approximate surface area is 146 Å². The molecule has 0 aliphatic heterocycles. The highest BCUT2D eigenvalue weighted by molar-refractivity contribution is 5.82. The van der Waals surface area contributed by atoms with E-state index in [0.29, 0.717) is 33.9 Å². The molecule has 1 atom stereocenters. The first kappa shape index (κ1) is 16.2. The van der Waals surface area contributed by atoms with Crippen LogP contribution < -0.4 is 5.73 Å². The largest absolute Gasteiger partial charge is 0.341 e. The van der Waals surface area contributed by atoms with Gasteiger partial charge in [0.1, 0.15) is 11.3 Å². The van der Waals surface area contributed by atoms with Gasteiger partial charge in [0.2, 0.25) is 0 Å². The van der Waals surface area contributed by atoms with Crippen molar-refractivity contribution in [3.8, 4) is 11.1 Å². The molecule has 1 aliphatic rings. The van der Waals surface area contributed by atoms with Gasteiger partial charge in [0.05, 0.1) is 11.6 Å². The Kier molecular flexibility index (Phi) is 4.25. The van der Waals surface area contributed by atoms with Crippen LogP contribution in [0.1, 0.15) is 44.5 Å². The molecule has 1 radical (unpaired) electrons. The number of rotatable bonds is 3. The lowest BCUT2D eigenvalue weighted by Crippen LogP contribution is -2.26.